The van der Waals surface area contributed by atoms with Gasteiger partial charge in [-0.25, -0.2) is 0 Å². The lowest BCUT2D eigenvalue weighted by Gasteiger charge is -2.10. The number of thiophene rings is 1. The van der Waals surface area contributed by atoms with Crippen molar-refractivity contribution in [3.63, 3.8) is 0 Å². The van der Waals surface area contributed by atoms with Gasteiger partial charge in [0.05, 0.1) is 5.56 Å². The van der Waals surface area contributed by atoms with Crippen LogP contribution in [0.5, 0.6) is 5.75 Å². The maximum Gasteiger partial charge on any atom is 0.153 e. The second-order valence-electron chi connectivity index (χ2n) is 4.62. The molecule has 3 rings (SSSR count). The molecule has 0 atom stereocenters. The van der Waals surface area contributed by atoms with Gasteiger partial charge in [0.2, 0.25) is 0 Å². The Morgan fingerprint density at radius 1 is 1.00 bits per heavy atom. The van der Waals surface area contributed by atoms with Gasteiger partial charge in [-0.05, 0) is 34.7 Å². The smallest absolute Gasteiger partial charge is 0.153 e. The van der Waals surface area contributed by atoms with E-state index >= 15 is 0 Å². The van der Waals surface area contributed by atoms with Crippen LogP contribution in [0.4, 0.5) is 0 Å². The number of carbonyl (C=O) groups is 1. The van der Waals surface area contributed by atoms with Crippen LogP contribution in [0.15, 0.2) is 66.0 Å². The van der Waals surface area contributed by atoms with E-state index in [1.165, 1.54) is 0 Å². The van der Waals surface area contributed by atoms with Gasteiger partial charge in [0.15, 0.2) is 6.29 Å². The quantitative estimate of drug-likeness (QED) is 0.631. The highest BCUT2D eigenvalue weighted by molar-refractivity contribution is 7.13. The number of aldehydes is 1. The van der Waals surface area contributed by atoms with Crippen molar-refractivity contribution >= 4 is 17.6 Å². The van der Waals surface area contributed by atoms with Gasteiger partial charge < -0.3 is 4.74 Å². The summed E-state index contributed by atoms with van der Waals surface area (Å²) in [5.41, 5.74) is 2.72. The molecular weight excluding hydrogens is 280 g/mol. The molecule has 0 saturated heterocycles. The van der Waals surface area contributed by atoms with E-state index < -0.39 is 0 Å². The molecule has 0 saturated carbocycles. The fraction of sp³-hybridized carbons (Fsp3) is 0.0556. The molecule has 0 unspecified atom stereocenters. The van der Waals surface area contributed by atoms with Crippen LogP contribution >= 0.6 is 11.3 Å². The standard InChI is InChI=1S/C18H14O2S/c19-12-16-9-8-15(18-7-4-10-21-18)11-17(16)20-13-14-5-2-1-3-6-14/h1-12H,13H2. The molecular formula is C18H14O2S. The number of rotatable bonds is 5. The molecule has 0 amide bonds. The molecule has 1 aromatic heterocycles. The highest BCUT2D eigenvalue weighted by Crippen LogP contribution is 2.30. The first kappa shape index (κ1) is 13.6. The van der Waals surface area contributed by atoms with E-state index in [2.05, 4.69) is 6.07 Å². The van der Waals surface area contributed by atoms with E-state index in [9.17, 15) is 4.79 Å². The van der Waals surface area contributed by atoms with Crippen molar-refractivity contribution in [3.05, 3.63) is 77.2 Å². The number of benzene rings is 2. The Morgan fingerprint density at radius 2 is 1.86 bits per heavy atom. The normalized spacial score (nSPS) is 10.3. The number of carbonyl (C=O) groups excluding carboxylic acids is 1. The largest absolute Gasteiger partial charge is 0.488 e. The zero-order chi connectivity index (χ0) is 14.5. The monoisotopic (exact) mass is 294 g/mol. The van der Waals surface area contributed by atoms with Gasteiger partial charge in [-0.2, -0.15) is 0 Å². The Bertz CT molecular complexity index is 718. The van der Waals surface area contributed by atoms with Gasteiger partial charge in [0.25, 0.3) is 0 Å². The lowest BCUT2D eigenvalue weighted by Crippen LogP contribution is -1.98. The summed E-state index contributed by atoms with van der Waals surface area (Å²) in [5.74, 6) is 0.625. The summed E-state index contributed by atoms with van der Waals surface area (Å²) < 4.78 is 5.83. The molecule has 3 heteroatoms. The maximum absolute atomic E-state index is 11.2. The van der Waals surface area contributed by atoms with Gasteiger partial charge in [0, 0.05) is 4.88 Å². The lowest BCUT2D eigenvalue weighted by molar-refractivity contribution is 0.111. The highest BCUT2D eigenvalue weighted by Gasteiger charge is 2.07. The lowest BCUT2D eigenvalue weighted by atomic mass is 10.1. The van der Waals surface area contributed by atoms with E-state index in [0.717, 1.165) is 22.3 Å². The Kier molecular flexibility index (Phi) is 4.12. The number of hydrogen-bond donors (Lipinski definition) is 0. The molecule has 2 nitrogen and oxygen atoms in total. The summed E-state index contributed by atoms with van der Waals surface area (Å²) >= 11 is 1.67. The fourth-order valence-corrected chi connectivity index (χ4v) is 2.81. The van der Waals surface area contributed by atoms with Crippen molar-refractivity contribution in [2.75, 3.05) is 0 Å². The second kappa shape index (κ2) is 6.37. The van der Waals surface area contributed by atoms with E-state index in [0.29, 0.717) is 17.9 Å². The first-order chi connectivity index (χ1) is 10.4. The molecule has 0 fully saturated rings. The average molecular weight is 294 g/mol. The van der Waals surface area contributed by atoms with Crippen LogP contribution in [0.3, 0.4) is 0 Å². The molecule has 21 heavy (non-hydrogen) atoms. The molecule has 0 aliphatic carbocycles. The van der Waals surface area contributed by atoms with Gasteiger partial charge in [0.1, 0.15) is 12.4 Å². The highest BCUT2D eigenvalue weighted by atomic mass is 32.1. The van der Waals surface area contributed by atoms with Crippen molar-refractivity contribution in [1.29, 1.82) is 0 Å². The third-order valence-electron chi connectivity index (χ3n) is 3.18. The van der Waals surface area contributed by atoms with Crippen LogP contribution in [-0.2, 0) is 6.61 Å². The van der Waals surface area contributed by atoms with Gasteiger partial charge in [-0.3, -0.25) is 4.79 Å². The van der Waals surface area contributed by atoms with Crippen LogP contribution in [0.2, 0.25) is 0 Å². The van der Waals surface area contributed by atoms with E-state index in [1.54, 1.807) is 11.3 Å². The summed E-state index contributed by atoms with van der Waals surface area (Å²) in [6.45, 7) is 0.454. The fourth-order valence-electron chi connectivity index (χ4n) is 2.09. The maximum atomic E-state index is 11.2. The molecule has 1 heterocycles. The minimum Gasteiger partial charge on any atom is -0.488 e. The topological polar surface area (TPSA) is 26.3 Å². The summed E-state index contributed by atoms with van der Waals surface area (Å²) in [6.07, 6.45) is 0.832. The van der Waals surface area contributed by atoms with Crippen LogP contribution < -0.4 is 4.74 Å². The van der Waals surface area contributed by atoms with Crippen molar-refractivity contribution < 1.29 is 9.53 Å². The van der Waals surface area contributed by atoms with E-state index in [-0.39, 0.29) is 0 Å². The Morgan fingerprint density at radius 3 is 2.57 bits per heavy atom. The summed E-state index contributed by atoms with van der Waals surface area (Å²) in [4.78, 5) is 12.3. The molecule has 0 radical (unpaired) electrons. The minimum atomic E-state index is 0.454. The Hall–Kier alpha value is -2.39. The average Bonchev–Trinajstić information content (AvgIpc) is 3.08. The van der Waals surface area contributed by atoms with E-state index in [4.69, 9.17) is 4.74 Å². The molecule has 2 aromatic carbocycles. The summed E-state index contributed by atoms with van der Waals surface area (Å²) in [5, 5.41) is 2.04. The van der Waals surface area contributed by atoms with Gasteiger partial charge >= 0.3 is 0 Å². The zero-order valence-corrected chi connectivity index (χ0v) is 12.2. The van der Waals surface area contributed by atoms with Crippen LogP contribution in [0, 0.1) is 0 Å². The van der Waals surface area contributed by atoms with E-state index in [1.807, 2.05) is 60.0 Å². The summed E-state index contributed by atoms with van der Waals surface area (Å²) in [6, 6.07) is 19.7. The second-order valence-corrected chi connectivity index (χ2v) is 5.57. The Balaban J connectivity index is 1.85. The molecule has 0 aliphatic heterocycles. The molecule has 0 aliphatic rings. The van der Waals surface area contributed by atoms with Crippen LogP contribution in [0.25, 0.3) is 10.4 Å². The SMILES string of the molecule is O=Cc1ccc(-c2cccs2)cc1OCc1ccccc1. The molecule has 104 valence electrons. The number of hydrogen-bond acceptors (Lipinski definition) is 3. The molecule has 3 aromatic rings. The van der Waals surface area contributed by atoms with Crippen molar-refractivity contribution in [2.24, 2.45) is 0 Å². The molecule has 0 spiro atoms. The van der Waals surface area contributed by atoms with Gasteiger partial charge in [-0.15, -0.1) is 11.3 Å². The first-order valence-corrected chi connectivity index (χ1v) is 7.54. The van der Waals surface area contributed by atoms with Crippen molar-refractivity contribution in [3.8, 4) is 16.2 Å². The summed E-state index contributed by atoms with van der Waals surface area (Å²) in [7, 11) is 0. The van der Waals surface area contributed by atoms with Gasteiger partial charge in [-0.1, -0.05) is 42.5 Å². The Labute approximate surface area is 127 Å². The van der Waals surface area contributed by atoms with Crippen molar-refractivity contribution in [2.45, 2.75) is 6.61 Å². The predicted octanol–water partition coefficient (Wildman–Crippen LogP) is 4.81. The third-order valence-corrected chi connectivity index (χ3v) is 4.10. The first-order valence-electron chi connectivity index (χ1n) is 6.66. The molecule has 0 N–H and O–H groups in total. The predicted molar refractivity (Wildman–Crippen MR) is 85.9 cm³/mol. The third kappa shape index (κ3) is 3.20. The van der Waals surface area contributed by atoms with Crippen LogP contribution in [0.1, 0.15) is 15.9 Å². The minimum absolute atomic E-state index is 0.454. The number of ether oxygens (including phenoxy) is 1. The van der Waals surface area contributed by atoms with Crippen LogP contribution in [-0.4, -0.2) is 6.29 Å². The zero-order valence-electron chi connectivity index (χ0n) is 11.4. The molecule has 0 bridgehead atoms. The van der Waals surface area contributed by atoms with Crippen molar-refractivity contribution in [1.82, 2.24) is 0 Å².